The third-order valence-corrected chi connectivity index (χ3v) is 2.77. The third-order valence-electron chi connectivity index (χ3n) is 2.77. The molecule has 0 aromatic carbocycles. The van der Waals surface area contributed by atoms with E-state index in [1.807, 2.05) is 0 Å². The third kappa shape index (κ3) is 2.95. The molecule has 0 fully saturated rings. The van der Waals surface area contributed by atoms with Crippen LogP contribution in [0.4, 0.5) is 0 Å². The van der Waals surface area contributed by atoms with Gasteiger partial charge in [0, 0.05) is 5.92 Å². The number of hydrogen-bond acceptors (Lipinski definition) is 6. The van der Waals surface area contributed by atoms with Crippen LogP contribution in [-0.4, -0.2) is 62.5 Å². The first-order chi connectivity index (χ1) is 7.88. The number of carboxylic acids is 1. The summed E-state index contributed by atoms with van der Waals surface area (Å²) in [4.78, 5) is 10.7. The Bertz CT molecular complexity index is 314. The van der Waals surface area contributed by atoms with E-state index in [0.717, 1.165) is 6.08 Å². The first kappa shape index (κ1) is 13.9. The van der Waals surface area contributed by atoms with Crippen LogP contribution in [0, 0.1) is 5.92 Å². The number of hydrogen-bond donors (Lipinski definition) is 5. The summed E-state index contributed by atoms with van der Waals surface area (Å²) in [5.41, 5.74) is 0. The maximum atomic E-state index is 10.7. The molecule has 1 aliphatic heterocycles. The molecule has 0 aromatic rings. The lowest BCUT2D eigenvalue weighted by atomic mass is 9.89. The van der Waals surface area contributed by atoms with Gasteiger partial charge in [-0.1, -0.05) is 6.92 Å². The highest BCUT2D eigenvalue weighted by atomic mass is 16.5. The van der Waals surface area contributed by atoms with Crippen LogP contribution in [-0.2, 0) is 9.53 Å². The van der Waals surface area contributed by atoms with Gasteiger partial charge in [0.1, 0.15) is 18.3 Å². The SMILES string of the molecule is C[C@H]1C([C@H](O)[C@H](O)CO)OC(C(=O)O)=C[C@H]1O. The van der Waals surface area contributed by atoms with E-state index in [4.69, 9.17) is 14.9 Å². The summed E-state index contributed by atoms with van der Waals surface area (Å²) in [6.45, 7) is 0.855. The Kier molecular flexibility index (Phi) is 4.47. The topological polar surface area (TPSA) is 127 Å². The van der Waals surface area contributed by atoms with Crippen molar-refractivity contribution in [3.63, 3.8) is 0 Å². The zero-order valence-electron chi connectivity index (χ0n) is 9.22. The molecule has 7 heteroatoms. The molecule has 0 aromatic heterocycles. The molecule has 0 amide bonds. The first-order valence-corrected chi connectivity index (χ1v) is 5.15. The summed E-state index contributed by atoms with van der Waals surface area (Å²) in [7, 11) is 0. The molecule has 0 saturated heterocycles. The van der Waals surface area contributed by atoms with Crippen molar-refractivity contribution in [2.75, 3.05) is 6.61 Å². The zero-order valence-corrected chi connectivity index (χ0v) is 9.22. The van der Waals surface area contributed by atoms with Crippen molar-refractivity contribution >= 4 is 5.97 Å². The van der Waals surface area contributed by atoms with Crippen molar-refractivity contribution in [2.24, 2.45) is 5.92 Å². The number of ether oxygens (including phenoxy) is 1. The Hall–Kier alpha value is -1.15. The molecule has 1 unspecified atom stereocenters. The lowest BCUT2D eigenvalue weighted by Crippen LogP contribution is -2.49. The fraction of sp³-hybridized carbons (Fsp3) is 0.700. The molecule has 7 nitrogen and oxygen atoms in total. The van der Waals surface area contributed by atoms with E-state index in [-0.39, 0.29) is 0 Å². The highest BCUT2D eigenvalue weighted by molar-refractivity contribution is 5.84. The molecule has 0 bridgehead atoms. The van der Waals surface area contributed by atoms with Crippen LogP contribution >= 0.6 is 0 Å². The first-order valence-electron chi connectivity index (χ1n) is 5.15. The molecule has 17 heavy (non-hydrogen) atoms. The number of carbonyl (C=O) groups is 1. The Labute approximate surface area is 97.6 Å². The van der Waals surface area contributed by atoms with Crippen LogP contribution in [0.1, 0.15) is 6.92 Å². The van der Waals surface area contributed by atoms with Crippen molar-refractivity contribution in [3.05, 3.63) is 11.8 Å². The maximum absolute atomic E-state index is 10.7. The van der Waals surface area contributed by atoms with Crippen LogP contribution in [0.5, 0.6) is 0 Å². The summed E-state index contributed by atoms with van der Waals surface area (Å²) in [6.07, 6.45) is -4.10. The maximum Gasteiger partial charge on any atom is 0.370 e. The standard InChI is InChI=1S/C10H16O7/c1-4-5(12)2-7(10(15)16)17-9(4)8(14)6(13)3-11/h2,4-6,8-9,11-14H,3H2,1H3,(H,15,16)/t4-,5-,6-,8-,9?/m1/s1. The predicted molar refractivity (Wildman–Crippen MR) is 54.9 cm³/mol. The van der Waals surface area contributed by atoms with Crippen molar-refractivity contribution in [2.45, 2.75) is 31.3 Å². The average molecular weight is 248 g/mol. The Morgan fingerprint density at radius 2 is 2.12 bits per heavy atom. The molecular formula is C10H16O7. The van der Waals surface area contributed by atoms with Crippen LogP contribution in [0.3, 0.4) is 0 Å². The molecule has 0 radical (unpaired) electrons. The zero-order chi connectivity index (χ0) is 13.2. The van der Waals surface area contributed by atoms with Crippen molar-refractivity contribution in [1.29, 1.82) is 0 Å². The second-order valence-corrected chi connectivity index (χ2v) is 4.01. The summed E-state index contributed by atoms with van der Waals surface area (Å²) in [6, 6.07) is 0. The molecule has 5 atom stereocenters. The number of carboxylic acid groups (broad SMARTS) is 1. The second kappa shape index (κ2) is 5.46. The molecule has 1 heterocycles. The van der Waals surface area contributed by atoms with Gasteiger partial charge in [0.25, 0.3) is 0 Å². The van der Waals surface area contributed by atoms with Gasteiger partial charge in [-0.05, 0) is 6.08 Å². The molecular weight excluding hydrogens is 232 g/mol. The van der Waals surface area contributed by atoms with E-state index in [2.05, 4.69) is 0 Å². The Balaban J connectivity index is 2.87. The summed E-state index contributed by atoms with van der Waals surface area (Å²) in [5, 5.41) is 46.0. The summed E-state index contributed by atoms with van der Waals surface area (Å²) in [5.74, 6) is -2.45. The average Bonchev–Trinajstić information content (AvgIpc) is 2.30. The molecule has 0 spiro atoms. The fourth-order valence-corrected chi connectivity index (χ4v) is 1.62. The monoisotopic (exact) mass is 248 g/mol. The Morgan fingerprint density at radius 1 is 1.53 bits per heavy atom. The van der Waals surface area contributed by atoms with Gasteiger partial charge in [0.15, 0.2) is 0 Å². The van der Waals surface area contributed by atoms with Crippen molar-refractivity contribution < 1.29 is 35.1 Å². The van der Waals surface area contributed by atoms with Gasteiger partial charge in [0.05, 0.1) is 12.7 Å². The van der Waals surface area contributed by atoms with E-state index >= 15 is 0 Å². The number of rotatable bonds is 4. The number of aliphatic hydroxyl groups is 4. The van der Waals surface area contributed by atoms with Crippen LogP contribution < -0.4 is 0 Å². The molecule has 98 valence electrons. The summed E-state index contributed by atoms with van der Waals surface area (Å²) >= 11 is 0. The van der Waals surface area contributed by atoms with Gasteiger partial charge < -0.3 is 30.3 Å². The quantitative estimate of drug-likeness (QED) is 0.392. The molecule has 0 saturated carbocycles. The number of aliphatic hydroxyl groups excluding tert-OH is 4. The smallest absolute Gasteiger partial charge is 0.370 e. The minimum atomic E-state index is -1.48. The minimum absolute atomic E-state index is 0.482. The van der Waals surface area contributed by atoms with Gasteiger partial charge in [-0.3, -0.25) is 0 Å². The fourth-order valence-electron chi connectivity index (χ4n) is 1.62. The van der Waals surface area contributed by atoms with Crippen molar-refractivity contribution in [1.82, 2.24) is 0 Å². The lowest BCUT2D eigenvalue weighted by molar-refractivity contribution is -0.151. The Morgan fingerprint density at radius 3 is 2.59 bits per heavy atom. The van der Waals surface area contributed by atoms with Crippen LogP contribution in [0.25, 0.3) is 0 Å². The lowest BCUT2D eigenvalue weighted by Gasteiger charge is -2.36. The number of aliphatic carboxylic acids is 1. The normalized spacial score (nSPS) is 32.3. The van der Waals surface area contributed by atoms with E-state index in [1.54, 1.807) is 0 Å². The van der Waals surface area contributed by atoms with E-state index < -0.39 is 48.7 Å². The second-order valence-electron chi connectivity index (χ2n) is 4.01. The predicted octanol–water partition coefficient (Wildman–Crippen LogP) is -1.94. The highest BCUT2D eigenvalue weighted by Gasteiger charge is 2.39. The van der Waals surface area contributed by atoms with E-state index in [1.165, 1.54) is 6.92 Å². The molecule has 5 N–H and O–H groups in total. The minimum Gasteiger partial charge on any atom is -0.480 e. The van der Waals surface area contributed by atoms with Gasteiger partial charge >= 0.3 is 5.97 Å². The van der Waals surface area contributed by atoms with E-state index in [9.17, 15) is 20.1 Å². The molecule has 0 aliphatic carbocycles. The summed E-state index contributed by atoms with van der Waals surface area (Å²) < 4.78 is 5.00. The van der Waals surface area contributed by atoms with Gasteiger partial charge in [-0.25, -0.2) is 4.79 Å². The molecule has 1 aliphatic rings. The van der Waals surface area contributed by atoms with Crippen molar-refractivity contribution in [3.8, 4) is 0 Å². The highest BCUT2D eigenvalue weighted by Crippen LogP contribution is 2.26. The van der Waals surface area contributed by atoms with E-state index in [0.29, 0.717) is 0 Å². The van der Waals surface area contributed by atoms with Gasteiger partial charge in [-0.2, -0.15) is 0 Å². The van der Waals surface area contributed by atoms with Crippen LogP contribution in [0.15, 0.2) is 11.8 Å². The van der Waals surface area contributed by atoms with Crippen LogP contribution in [0.2, 0.25) is 0 Å². The molecule has 1 rings (SSSR count). The van der Waals surface area contributed by atoms with Gasteiger partial charge in [-0.15, -0.1) is 0 Å². The largest absolute Gasteiger partial charge is 0.480 e. The van der Waals surface area contributed by atoms with Gasteiger partial charge in [0.2, 0.25) is 5.76 Å².